The van der Waals surface area contributed by atoms with Gasteiger partial charge < -0.3 is 5.32 Å². The molecule has 0 spiro atoms. The number of aldehydes is 1. The fourth-order valence-corrected chi connectivity index (χ4v) is 2.18. The van der Waals surface area contributed by atoms with E-state index in [4.69, 9.17) is 11.6 Å². The van der Waals surface area contributed by atoms with Gasteiger partial charge in [0.2, 0.25) is 0 Å². The number of nitrogens with zero attached hydrogens (tertiary/aromatic N) is 3. The van der Waals surface area contributed by atoms with Crippen molar-refractivity contribution in [2.45, 2.75) is 6.54 Å². The summed E-state index contributed by atoms with van der Waals surface area (Å²) in [4.78, 5) is 21.3. The topological polar surface area (TPSA) is 67.8 Å². The zero-order valence-electron chi connectivity index (χ0n) is 13.2. The van der Waals surface area contributed by atoms with E-state index in [9.17, 15) is 13.6 Å². The lowest BCUT2D eigenvalue weighted by molar-refractivity contribution is 0.112. The number of hydrogen-bond donors (Lipinski definition) is 1. The summed E-state index contributed by atoms with van der Waals surface area (Å²) in [6.45, 7) is 0.450. The minimum absolute atomic E-state index is 0.259. The van der Waals surface area contributed by atoms with E-state index >= 15 is 0 Å². The number of pyridine rings is 3. The molecule has 3 heterocycles. The summed E-state index contributed by atoms with van der Waals surface area (Å²) >= 11 is 9.05. The van der Waals surface area contributed by atoms with Gasteiger partial charge in [-0.05, 0) is 45.8 Å². The summed E-state index contributed by atoms with van der Waals surface area (Å²) in [5.41, 5.74) is 1.01. The molecule has 0 bridgehead atoms. The SMILES string of the molecule is Fc1cncc(CNc2ccc(Cl)c(Br)n2)c1.O=Cc1cncc(F)c1. The maximum Gasteiger partial charge on any atom is 0.151 e. The van der Waals surface area contributed by atoms with Crippen molar-refractivity contribution in [3.05, 3.63) is 81.4 Å². The van der Waals surface area contributed by atoms with Crippen molar-refractivity contribution in [3.63, 3.8) is 0 Å². The first-order valence-corrected chi connectivity index (χ1v) is 8.36. The quantitative estimate of drug-likeness (QED) is 0.470. The molecule has 0 radical (unpaired) electrons. The van der Waals surface area contributed by atoms with Gasteiger partial charge in [0.25, 0.3) is 0 Å². The Labute approximate surface area is 161 Å². The number of hydrogen-bond acceptors (Lipinski definition) is 5. The van der Waals surface area contributed by atoms with Gasteiger partial charge in [-0.1, -0.05) is 11.6 Å². The fraction of sp³-hybridized carbons (Fsp3) is 0.0588. The fourth-order valence-electron chi connectivity index (χ4n) is 1.75. The molecule has 26 heavy (non-hydrogen) atoms. The molecule has 5 nitrogen and oxygen atoms in total. The largest absolute Gasteiger partial charge is 0.366 e. The lowest BCUT2D eigenvalue weighted by Gasteiger charge is -2.06. The van der Waals surface area contributed by atoms with Crippen LogP contribution in [0.4, 0.5) is 14.6 Å². The van der Waals surface area contributed by atoms with Gasteiger partial charge in [-0.2, -0.15) is 0 Å². The highest BCUT2D eigenvalue weighted by Crippen LogP contribution is 2.21. The molecule has 0 unspecified atom stereocenters. The molecule has 3 rings (SSSR count). The highest BCUT2D eigenvalue weighted by Gasteiger charge is 2.01. The van der Waals surface area contributed by atoms with E-state index in [1.165, 1.54) is 18.5 Å². The predicted molar refractivity (Wildman–Crippen MR) is 98.1 cm³/mol. The number of nitrogens with one attached hydrogen (secondary N) is 1. The molecule has 0 amide bonds. The van der Waals surface area contributed by atoms with E-state index in [0.29, 0.717) is 28.3 Å². The van der Waals surface area contributed by atoms with E-state index in [1.54, 1.807) is 18.3 Å². The smallest absolute Gasteiger partial charge is 0.151 e. The Morgan fingerprint density at radius 3 is 2.35 bits per heavy atom. The number of rotatable bonds is 4. The van der Waals surface area contributed by atoms with Crippen LogP contribution in [0.25, 0.3) is 0 Å². The molecular weight excluding hydrogens is 430 g/mol. The summed E-state index contributed by atoms with van der Waals surface area (Å²) < 4.78 is 25.6. The van der Waals surface area contributed by atoms with Crippen molar-refractivity contribution in [2.75, 3.05) is 5.32 Å². The third kappa shape index (κ3) is 6.45. The number of aromatic nitrogens is 3. The Hall–Kier alpha value is -2.45. The van der Waals surface area contributed by atoms with Gasteiger partial charge >= 0.3 is 0 Å². The molecule has 0 fully saturated rings. The van der Waals surface area contributed by atoms with Gasteiger partial charge in [-0.3, -0.25) is 14.8 Å². The molecule has 134 valence electrons. The van der Waals surface area contributed by atoms with Crippen LogP contribution >= 0.6 is 27.5 Å². The first kappa shape index (κ1) is 19.9. The Kier molecular flexibility index (Phi) is 7.55. The molecule has 9 heteroatoms. The molecule has 0 aliphatic carbocycles. The van der Waals surface area contributed by atoms with Crippen LogP contribution in [0.15, 0.2) is 53.7 Å². The average Bonchev–Trinajstić information content (AvgIpc) is 2.63. The zero-order valence-corrected chi connectivity index (χ0v) is 15.5. The Morgan fingerprint density at radius 1 is 1.08 bits per heavy atom. The second-order valence-corrected chi connectivity index (χ2v) is 6.05. The number of carbonyl (C=O) groups is 1. The summed E-state index contributed by atoms with van der Waals surface area (Å²) in [5.74, 6) is -0.181. The van der Waals surface area contributed by atoms with Gasteiger partial charge in [-0.25, -0.2) is 13.8 Å². The highest BCUT2D eigenvalue weighted by atomic mass is 79.9. The molecule has 0 saturated heterocycles. The predicted octanol–water partition coefficient (Wildman–Crippen LogP) is 4.68. The van der Waals surface area contributed by atoms with Gasteiger partial charge in [0.1, 0.15) is 22.1 Å². The van der Waals surface area contributed by atoms with Crippen LogP contribution in [0.3, 0.4) is 0 Å². The monoisotopic (exact) mass is 440 g/mol. The molecule has 0 aliphatic rings. The first-order valence-electron chi connectivity index (χ1n) is 7.19. The van der Waals surface area contributed by atoms with Crippen LogP contribution in [0.5, 0.6) is 0 Å². The lowest BCUT2D eigenvalue weighted by atomic mass is 10.3. The summed E-state index contributed by atoms with van der Waals surface area (Å²) in [7, 11) is 0. The number of carbonyl (C=O) groups excluding carboxylic acids is 1. The van der Waals surface area contributed by atoms with E-state index < -0.39 is 5.82 Å². The highest BCUT2D eigenvalue weighted by molar-refractivity contribution is 9.10. The number of halogens is 4. The summed E-state index contributed by atoms with van der Waals surface area (Å²) in [5, 5.41) is 3.59. The van der Waals surface area contributed by atoms with Crippen LogP contribution in [0, 0.1) is 11.6 Å². The molecule has 0 aromatic carbocycles. The Morgan fingerprint density at radius 2 is 1.77 bits per heavy atom. The van der Waals surface area contributed by atoms with Gasteiger partial charge in [0, 0.05) is 24.5 Å². The van der Waals surface area contributed by atoms with Crippen molar-refractivity contribution in [1.29, 1.82) is 0 Å². The third-order valence-corrected chi connectivity index (χ3v) is 4.04. The van der Waals surface area contributed by atoms with Crippen LogP contribution in [-0.2, 0) is 6.54 Å². The molecule has 0 atom stereocenters. The molecule has 3 aromatic rings. The Balaban J connectivity index is 0.000000228. The third-order valence-electron chi connectivity index (χ3n) is 2.90. The summed E-state index contributed by atoms with van der Waals surface area (Å²) in [6, 6.07) is 6.02. The van der Waals surface area contributed by atoms with E-state index in [2.05, 4.69) is 36.2 Å². The summed E-state index contributed by atoms with van der Waals surface area (Å²) in [6.07, 6.45) is 5.67. The second-order valence-electron chi connectivity index (χ2n) is 4.89. The van der Waals surface area contributed by atoms with Gasteiger partial charge in [0.15, 0.2) is 6.29 Å². The van der Waals surface area contributed by atoms with Gasteiger partial charge in [-0.15, -0.1) is 0 Å². The minimum atomic E-state index is -0.486. The molecule has 0 saturated carbocycles. The van der Waals surface area contributed by atoms with E-state index in [0.717, 1.165) is 17.8 Å². The standard InChI is InChI=1S/C11H8BrClFN3.C6H4FNO/c12-11-9(13)1-2-10(17-11)16-5-7-3-8(14)6-15-4-7;7-6-1-5(4-9)2-8-3-6/h1-4,6H,5H2,(H,16,17);1-4H. The second kappa shape index (κ2) is 9.88. The Bertz CT molecular complexity index is 898. The molecule has 3 aromatic heterocycles. The lowest BCUT2D eigenvalue weighted by Crippen LogP contribution is -2.02. The van der Waals surface area contributed by atoms with Crippen molar-refractivity contribution >= 4 is 39.6 Å². The maximum absolute atomic E-state index is 12.9. The van der Waals surface area contributed by atoms with Crippen LogP contribution in [0.2, 0.25) is 5.02 Å². The van der Waals surface area contributed by atoms with Gasteiger partial charge in [0.05, 0.1) is 17.4 Å². The van der Waals surface area contributed by atoms with Crippen LogP contribution in [-0.4, -0.2) is 21.2 Å². The van der Waals surface area contributed by atoms with Crippen molar-refractivity contribution in [1.82, 2.24) is 15.0 Å². The van der Waals surface area contributed by atoms with Crippen molar-refractivity contribution in [2.24, 2.45) is 0 Å². The van der Waals surface area contributed by atoms with E-state index in [-0.39, 0.29) is 11.4 Å². The molecular formula is C17H12BrClF2N4O. The van der Waals surface area contributed by atoms with Crippen LogP contribution in [0.1, 0.15) is 15.9 Å². The van der Waals surface area contributed by atoms with Crippen molar-refractivity contribution < 1.29 is 13.6 Å². The average molecular weight is 442 g/mol. The zero-order chi connectivity index (χ0) is 18.9. The first-order chi connectivity index (χ1) is 12.5. The molecule has 1 N–H and O–H groups in total. The number of anilines is 1. The maximum atomic E-state index is 12.9. The molecule has 0 aliphatic heterocycles. The van der Waals surface area contributed by atoms with Crippen LogP contribution < -0.4 is 5.32 Å². The minimum Gasteiger partial charge on any atom is -0.366 e. The van der Waals surface area contributed by atoms with Crippen molar-refractivity contribution in [3.8, 4) is 0 Å². The normalized spacial score (nSPS) is 9.85. The van der Waals surface area contributed by atoms with E-state index in [1.807, 2.05) is 0 Å².